The maximum absolute atomic E-state index is 11.7. The molecule has 0 aromatic carbocycles. The predicted molar refractivity (Wildman–Crippen MR) is 82.1 cm³/mol. The van der Waals surface area contributed by atoms with Crippen molar-refractivity contribution in [1.29, 1.82) is 0 Å². The minimum atomic E-state index is -0.451. The summed E-state index contributed by atoms with van der Waals surface area (Å²) in [7, 11) is 0. The Hall–Kier alpha value is -1.30. The van der Waals surface area contributed by atoms with E-state index < -0.39 is 5.60 Å². The third-order valence-corrected chi connectivity index (χ3v) is 3.01. The molecule has 1 N–H and O–H groups in total. The van der Waals surface area contributed by atoms with Crippen LogP contribution in [0.3, 0.4) is 0 Å². The molecule has 0 saturated heterocycles. The van der Waals surface area contributed by atoms with E-state index in [-0.39, 0.29) is 11.7 Å². The van der Waals surface area contributed by atoms with Crippen molar-refractivity contribution in [2.75, 3.05) is 17.6 Å². The van der Waals surface area contributed by atoms with E-state index in [1.807, 2.05) is 33.8 Å². The highest BCUT2D eigenvalue weighted by Gasteiger charge is 2.16. The highest BCUT2D eigenvalue weighted by atomic mass is 32.2. The quantitative estimate of drug-likeness (QED) is 0.494. The first-order valence-corrected chi connectivity index (χ1v) is 7.73. The van der Waals surface area contributed by atoms with Crippen molar-refractivity contribution in [3.8, 4) is 0 Å². The smallest absolute Gasteiger partial charge is 0.316 e. The first-order valence-electron chi connectivity index (χ1n) is 6.74. The van der Waals surface area contributed by atoms with Crippen molar-refractivity contribution in [2.24, 2.45) is 0 Å². The topological polar surface area (TPSA) is 64.1 Å². The zero-order chi connectivity index (χ0) is 15.2. The monoisotopic (exact) mass is 297 g/mol. The molecule has 0 spiro atoms. The fourth-order valence-electron chi connectivity index (χ4n) is 1.43. The summed E-state index contributed by atoms with van der Waals surface area (Å²) in [5.41, 5.74) is 0.429. The average Bonchev–Trinajstić information content (AvgIpc) is 2.31. The van der Waals surface area contributed by atoms with Crippen molar-refractivity contribution >= 4 is 23.7 Å². The number of aromatic nitrogens is 2. The van der Waals surface area contributed by atoms with Gasteiger partial charge >= 0.3 is 5.97 Å². The predicted octanol–water partition coefficient (Wildman–Crippen LogP) is 3.04. The highest BCUT2D eigenvalue weighted by molar-refractivity contribution is 7.99. The fourth-order valence-corrected chi connectivity index (χ4v) is 2.16. The van der Waals surface area contributed by atoms with Crippen LogP contribution in [-0.2, 0) is 9.53 Å². The molecule has 1 rings (SSSR count). The van der Waals surface area contributed by atoms with E-state index in [0.29, 0.717) is 5.95 Å². The Kier molecular flexibility index (Phi) is 6.26. The Morgan fingerprint density at radius 3 is 2.70 bits per heavy atom. The summed E-state index contributed by atoms with van der Waals surface area (Å²) in [6, 6.07) is 1.87. The van der Waals surface area contributed by atoms with Crippen molar-refractivity contribution in [2.45, 2.75) is 51.7 Å². The summed E-state index contributed by atoms with van der Waals surface area (Å²) in [6.07, 6.45) is 1.01. The summed E-state index contributed by atoms with van der Waals surface area (Å²) in [6.45, 7) is 10.4. The van der Waals surface area contributed by atoms with Gasteiger partial charge in [0, 0.05) is 12.2 Å². The average molecular weight is 297 g/mol. The van der Waals surface area contributed by atoms with Crippen molar-refractivity contribution < 1.29 is 9.53 Å². The molecule has 0 atom stereocenters. The van der Waals surface area contributed by atoms with Gasteiger partial charge in [0.15, 0.2) is 0 Å². The third-order valence-electron chi connectivity index (χ3n) is 2.12. The van der Waals surface area contributed by atoms with E-state index >= 15 is 0 Å². The van der Waals surface area contributed by atoms with Crippen LogP contribution in [0.25, 0.3) is 0 Å². The molecule has 0 aliphatic heterocycles. The molecule has 0 aliphatic carbocycles. The number of nitrogens with one attached hydrogen (secondary N) is 1. The molecule has 0 aliphatic rings. The number of nitrogens with zero attached hydrogens (tertiary/aromatic N) is 2. The van der Waals surface area contributed by atoms with Crippen LogP contribution in [0.15, 0.2) is 11.1 Å². The van der Waals surface area contributed by atoms with Crippen molar-refractivity contribution in [1.82, 2.24) is 9.97 Å². The summed E-state index contributed by atoms with van der Waals surface area (Å²) >= 11 is 1.37. The second-order valence-corrected chi connectivity index (χ2v) is 6.47. The molecule has 0 amide bonds. The van der Waals surface area contributed by atoms with E-state index in [1.165, 1.54) is 11.8 Å². The zero-order valence-corrected chi connectivity index (χ0v) is 13.6. The largest absolute Gasteiger partial charge is 0.459 e. The lowest BCUT2D eigenvalue weighted by atomic mass is 10.2. The molecular weight excluding hydrogens is 274 g/mol. The minimum Gasteiger partial charge on any atom is -0.459 e. The van der Waals surface area contributed by atoms with Gasteiger partial charge in [0.25, 0.3) is 0 Å². The number of anilines is 1. The molecule has 20 heavy (non-hydrogen) atoms. The van der Waals surface area contributed by atoms with Gasteiger partial charge in [-0.2, -0.15) is 0 Å². The number of aryl methyl sites for hydroxylation is 1. The van der Waals surface area contributed by atoms with E-state index in [0.717, 1.165) is 23.7 Å². The van der Waals surface area contributed by atoms with Crippen LogP contribution in [0.2, 0.25) is 0 Å². The number of hydrogen-bond donors (Lipinski definition) is 1. The van der Waals surface area contributed by atoms with E-state index in [2.05, 4.69) is 22.2 Å². The lowest BCUT2D eigenvalue weighted by Crippen LogP contribution is -2.24. The lowest BCUT2D eigenvalue weighted by Gasteiger charge is -2.19. The van der Waals surface area contributed by atoms with Crippen LogP contribution in [-0.4, -0.2) is 33.8 Å². The molecule has 0 radical (unpaired) electrons. The van der Waals surface area contributed by atoms with Crippen LogP contribution in [0.5, 0.6) is 0 Å². The Bertz CT molecular complexity index is 458. The molecule has 6 heteroatoms. The third kappa shape index (κ3) is 6.75. The number of rotatable bonds is 6. The van der Waals surface area contributed by atoms with Gasteiger partial charge in [-0.25, -0.2) is 9.97 Å². The van der Waals surface area contributed by atoms with Gasteiger partial charge in [-0.3, -0.25) is 4.79 Å². The van der Waals surface area contributed by atoms with Crippen LogP contribution < -0.4 is 5.32 Å². The van der Waals surface area contributed by atoms with Gasteiger partial charge in [0.2, 0.25) is 5.95 Å². The van der Waals surface area contributed by atoms with Crippen LogP contribution >= 0.6 is 11.8 Å². The fraction of sp³-hybridized carbons (Fsp3) is 0.643. The molecule has 1 aromatic rings. The number of esters is 1. The van der Waals surface area contributed by atoms with E-state index in [9.17, 15) is 4.79 Å². The summed E-state index contributed by atoms with van der Waals surface area (Å²) in [5.74, 6) is 0.626. The first-order chi connectivity index (χ1) is 9.30. The molecule has 0 unspecified atom stereocenters. The molecule has 0 fully saturated rings. The van der Waals surface area contributed by atoms with E-state index in [1.54, 1.807) is 0 Å². The van der Waals surface area contributed by atoms with Gasteiger partial charge in [0.05, 0.1) is 5.75 Å². The molecule has 112 valence electrons. The molecule has 5 nitrogen and oxygen atoms in total. The van der Waals surface area contributed by atoms with Gasteiger partial charge in [-0.05, 0) is 40.2 Å². The lowest BCUT2D eigenvalue weighted by molar-refractivity contribution is -0.151. The normalized spacial score (nSPS) is 11.2. The summed E-state index contributed by atoms with van der Waals surface area (Å²) in [4.78, 5) is 20.4. The SMILES string of the molecule is CCCNc1nc(C)cc(SCC(=O)OC(C)(C)C)n1. The number of thioether (sulfide) groups is 1. The number of carbonyl (C=O) groups excluding carboxylic acids is 1. The van der Waals surface area contributed by atoms with Crippen LogP contribution in [0.1, 0.15) is 39.8 Å². The Balaban J connectivity index is 2.59. The number of hydrogen-bond acceptors (Lipinski definition) is 6. The summed E-state index contributed by atoms with van der Waals surface area (Å²) in [5, 5.41) is 3.93. The Morgan fingerprint density at radius 2 is 2.10 bits per heavy atom. The number of carbonyl (C=O) groups is 1. The zero-order valence-electron chi connectivity index (χ0n) is 12.8. The molecule has 1 aromatic heterocycles. The molecule has 1 heterocycles. The number of ether oxygens (including phenoxy) is 1. The van der Waals surface area contributed by atoms with Gasteiger partial charge < -0.3 is 10.1 Å². The van der Waals surface area contributed by atoms with Gasteiger partial charge in [-0.15, -0.1) is 0 Å². The van der Waals surface area contributed by atoms with Crippen molar-refractivity contribution in [3.63, 3.8) is 0 Å². The first kappa shape index (κ1) is 16.8. The van der Waals surface area contributed by atoms with Crippen LogP contribution in [0, 0.1) is 6.92 Å². The van der Waals surface area contributed by atoms with Gasteiger partial charge in [0.1, 0.15) is 10.6 Å². The second kappa shape index (κ2) is 7.47. The minimum absolute atomic E-state index is 0.234. The summed E-state index contributed by atoms with van der Waals surface area (Å²) < 4.78 is 5.27. The molecular formula is C14H23N3O2S. The van der Waals surface area contributed by atoms with Crippen molar-refractivity contribution in [3.05, 3.63) is 11.8 Å². The molecule has 0 bridgehead atoms. The second-order valence-electron chi connectivity index (χ2n) is 5.47. The Morgan fingerprint density at radius 1 is 1.40 bits per heavy atom. The maximum atomic E-state index is 11.7. The maximum Gasteiger partial charge on any atom is 0.316 e. The van der Waals surface area contributed by atoms with Gasteiger partial charge in [-0.1, -0.05) is 18.7 Å². The van der Waals surface area contributed by atoms with Crippen LogP contribution in [0.4, 0.5) is 5.95 Å². The molecule has 0 saturated carbocycles. The Labute approximate surface area is 124 Å². The highest BCUT2D eigenvalue weighted by Crippen LogP contribution is 2.19. The standard InChI is InChI=1S/C14H23N3O2S/c1-6-7-15-13-16-10(2)8-11(17-13)20-9-12(18)19-14(3,4)5/h8H,6-7,9H2,1-5H3,(H,15,16,17). The van der Waals surface area contributed by atoms with E-state index in [4.69, 9.17) is 4.74 Å².